The van der Waals surface area contributed by atoms with Crippen molar-refractivity contribution in [1.82, 2.24) is 5.27 Å². The number of nitrogens with one attached hydrogen (secondary N) is 1. The number of anilines is 1. The van der Waals surface area contributed by atoms with Crippen molar-refractivity contribution in [1.29, 1.82) is 0 Å². The highest BCUT2D eigenvalue weighted by Gasteiger charge is 2.27. The lowest BCUT2D eigenvalue weighted by Crippen LogP contribution is -2.41. The number of nitrogens with zero attached hydrogens (tertiary/aromatic N) is 2. The molecule has 0 aliphatic rings. The van der Waals surface area contributed by atoms with Gasteiger partial charge in [0.25, 0.3) is 5.91 Å². The third kappa shape index (κ3) is 2.67. The van der Waals surface area contributed by atoms with Crippen LogP contribution in [0.2, 0.25) is 0 Å². The Morgan fingerprint density at radius 1 is 1.37 bits per heavy atom. The molecule has 0 unspecified atom stereocenters. The van der Waals surface area contributed by atoms with Gasteiger partial charge < -0.3 is 0 Å². The first-order chi connectivity index (χ1) is 9.13. The molecular formula is C13H14N3O3+. The van der Waals surface area contributed by atoms with Crippen LogP contribution < -0.4 is 10.00 Å². The van der Waals surface area contributed by atoms with Crippen molar-refractivity contribution in [2.24, 2.45) is 0 Å². The highest BCUT2D eigenvalue weighted by molar-refractivity contribution is 6.04. The second-order valence-electron chi connectivity index (χ2n) is 4.26. The zero-order valence-electron chi connectivity index (χ0n) is 10.7. The molecule has 2 aromatic rings. The number of hydrogen-bond donors (Lipinski definition) is 1. The third-order valence-electron chi connectivity index (χ3n) is 2.56. The van der Waals surface area contributed by atoms with Gasteiger partial charge in [-0.2, -0.15) is 0 Å². The van der Waals surface area contributed by atoms with E-state index in [1.807, 2.05) is 19.9 Å². The molecule has 0 atom stereocenters. The Balaban J connectivity index is 2.25. The largest absolute Gasteiger partial charge is 0.337 e. The number of carbonyl (C=O) groups excluding carboxylic acids is 2. The summed E-state index contributed by atoms with van der Waals surface area (Å²) in [5.41, 5.74) is 0.686. The minimum atomic E-state index is -0.351. The van der Waals surface area contributed by atoms with Crippen LogP contribution in [-0.2, 0) is 0 Å². The predicted molar refractivity (Wildman–Crippen MR) is 66.9 cm³/mol. The molecule has 0 fully saturated rings. The van der Waals surface area contributed by atoms with Crippen LogP contribution in [0.4, 0.5) is 5.88 Å². The van der Waals surface area contributed by atoms with Gasteiger partial charge in [0, 0.05) is 19.4 Å². The first-order valence-electron chi connectivity index (χ1n) is 5.86. The number of rotatable bonds is 4. The van der Waals surface area contributed by atoms with Gasteiger partial charge in [0.05, 0.1) is 0 Å². The molecule has 98 valence electrons. The molecule has 6 heteroatoms. The molecule has 1 aromatic heterocycles. The number of benzene rings is 1. The number of aldehydes is 1. The smallest absolute Gasteiger partial charge is 0.291 e. The Morgan fingerprint density at radius 2 is 2.05 bits per heavy atom. The van der Waals surface area contributed by atoms with Crippen LogP contribution in [-0.4, -0.2) is 17.5 Å². The summed E-state index contributed by atoms with van der Waals surface area (Å²) in [7, 11) is 0. The number of hydrogen-bond acceptors (Lipinski definition) is 4. The Morgan fingerprint density at radius 3 is 2.63 bits per heavy atom. The van der Waals surface area contributed by atoms with E-state index in [0.29, 0.717) is 11.8 Å². The van der Waals surface area contributed by atoms with Crippen LogP contribution in [0.25, 0.3) is 0 Å². The summed E-state index contributed by atoms with van der Waals surface area (Å²) in [6.07, 6.45) is 0.608. The second-order valence-corrected chi connectivity index (χ2v) is 4.26. The summed E-state index contributed by atoms with van der Waals surface area (Å²) < 4.78 is 6.40. The molecule has 6 nitrogen and oxygen atoms in total. The average molecular weight is 260 g/mol. The van der Waals surface area contributed by atoms with Crippen molar-refractivity contribution in [2.75, 3.05) is 5.32 Å². The molecule has 0 bridgehead atoms. The Kier molecular flexibility index (Phi) is 3.70. The Bertz CT molecular complexity index is 590. The van der Waals surface area contributed by atoms with E-state index in [-0.39, 0.29) is 23.5 Å². The maximum Gasteiger partial charge on any atom is 0.337 e. The zero-order chi connectivity index (χ0) is 13.8. The maximum absolute atomic E-state index is 11.9. The van der Waals surface area contributed by atoms with Crippen molar-refractivity contribution in [3.8, 4) is 0 Å². The molecule has 1 N–H and O–H groups in total. The van der Waals surface area contributed by atoms with Gasteiger partial charge in [0.2, 0.25) is 11.6 Å². The standard InChI is InChI=1S/C13H13N3O3/c1-9(2)16-11(8-17)13(19-15-16)14-12(18)10-6-4-3-5-7-10/h3-9H,1-2H3/p+1. The SMILES string of the molecule is CC(C)[n+]1noc(NC(=O)c2ccccc2)c1C=O. The fraction of sp³-hybridized carbons (Fsp3) is 0.231. The summed E-state index contributed by atoms with van der Waals surface area (Å²) in [4.78, 5) is 23.0. The minimum Gasteiger partial charge on any atom is -0.291 e. The molecular weight excluding hydrogens is 246 g/mol. The van der Waals surface area contributed by atoms with E-state index in [9.17, 15) is 9.59 Å². The molecule has 0 aliphatic heterocycles. The summed E-state index contributed by atoms with van der Waals surface area (Å²) in [5, 5.41) is 6.26. The molecule has 19 heavy (non-hydrogen) atoms. The predicted octanol–water partition coefficient (Wildman–Crippen LogP) is 1.61. The summed E-state index contributed by atoms with van der Waals surface area (Å²) in [6.45, 7) is 3.72. The van der Waals surface area contributed by atoms with E-state index < -0.39 is 0 Å². The Labute approximate surface area is 110 Å². The summed E-state index contributed by atoms with van der Waals surface area (Å²) >= 11 is 0. The molecule has 0 aliphatic carbocycles. The van der Waals surface area contributed by atoms with Gasteiger partial charge in [-0.05, 0) is 16.8 Å². The molecule has 1 amide bonds. The number of amides is 1. The fourth-order valence-corrected chi connectivity index (χ4v) is 1.61. The van der Waals surface area contributed by atoms with Gasteiger partial charge in [0.1, 0.15) is 0 Å². The molecule has 0 saturated heterocycles. The summed E-state index contributed by atoms with van der Waals surface area (Å²) in [6, 6.07) is 8.63. The first kappa shape index (κ1) is 12.9. The molecule has 0 radical (unpaired) electrons. The average Bonchev–Trinajstić information content (AvgIpc) is 2.82. The van der Waals surface area contributed by atoms with Crippen molar-refractivity contribution in [3.63, 3.8) is 0 Å². The maximum atomic E-state index is 11.9. The Hall–Kier alpha value is -2.50. The zero-order valence-corrected chi connectivity index (χ0v) is 10.7. The van der Waals surface area contributed by atoms with Crippen LogP contribution in [0.15, 0.2) is 34.9 Å². The van der Waals surface area contributed by atoms with Gasteiger partial charge in [-0.1, -0.05) is 18.2 Å². The van der Waals surface area contributed by atoms with E-state index in [1.54, 1.807) is 24.3 Å². The highest BCUT2D eigenvalue weighted by Crippen LogP contribution is 2.12. The van der Waals surface area contributed by atoms with Crippen molar-refractivity contribution in [2.45, 2.75) is 19.9 Å². The van der Waals surface area contributed by atoms with E-state index in [0.717, 1.165) is 0 Å². The van der Waals surface area contributed by atoms with Crippen LogP contribution in [0.1, 0.15) is 40.7 Å². The summed E-state index contributed by atoms with van der Waals surface area (Å²) in [5.74, 6) is -0.298. The van der Waals surface area contributed by atoms with E-state index >= 15 is 0 Å². The first-order valence-corrected chi connectivity index (χ1v) is 5.86. The van der Waals surface area contributed by atoms with Crippen molar-refractivity contribution in [3.05, 3.63) is 41.6 Å². The highest BCUT2D eigenvalue weighted by atomic mass is 16.5. The number of aromatic nitrogens is 2. The minimum absolute atomic E-state index is 0.0358. The van der Waals surface area contributed by atoms with Crippen LogP contribution in [0.3, 0.4) is 0 Å². The van der Waals surface area contributed by atoms with Crippen molar-refractivity contribution < 1.29 is 18.8 Å². The molecule has 1 heterocycles. The lowest BCUT2D eigenvalue weighted by atomic mass is 10.2. The van der Waals surface area contributed by atoms with E-state index in [2.05, 4.69) is 10.6 Å². The normalized spacial score (nSPS) is 10.5. The van der Waals surface area contributed by atoms with Crippen LogP contribution in [0, 0.1) is 0 Å². The van der Waals surface area contributed by atoms with Crippen molar-refractivity contribution >= 4 is 18.1 Å². The van der Waals surface area contributed by atoms with E-state index in [4.69, 9.17) is 4.52 Å². The van der Waals surface area contributed by atoms with Crippen LogP contribution >= 0.6 is 0 Å². The topological polar surface area (TPSA) is 76.1 Å². The van der Waals surface area contributed by atoms with Gasteiger partial charge >= 0.3 is 11.6 Å². The van der Waals surface area contributed by atoms with Gasteiger partial charge in [0.15, 0.2) is 6.04 Å². The lowest BCUT2D eigenvalue weighted by molar-refractivity contribution is -0.780. The second kappa shape index (κ2) is 5.43. The molecule has 0 saturated carbocycles. The molecule has 0 spiro atoms. The van der Waals surface area contributed by atoms with Gasteiger partial charge in [-0.25, -0.2) is 0 Å². The monoisotopic (exact) mass is 260 g/mol. The molecule has 1 aromatic carbocycles. The van der Waals surface area contributed by atoms with Crippen LogP contribution in [0.5, 0.6) is 0 Å². The van der Waals surface area contributed by atoms with E-state index in [1.165, 1.54) is 4.68 Å². The lowest BCUT2D eigenvalue weighted by Gasteiger charge is -1.99. The quantitative estimate of drug-likeness (QED) is 0.669. The molecule has 2 rings (SSSR count). The fourth-order valence-electron chi connectivity index (χ4n) is 1.61. The van der Waals surface area contributed by atoms with Gasteiger partial charge in [-0.3, -0.25) is 19.4 Å². The van der Waals surface area contributed by atoms with Gasteiger partial charge in [-0.15, -0.1) is 0 Å². The third-order valence-corrected chi connectivity index (χ3v) is 2.56. The number of carbonyl (C=O) groups is 2.